The zero-order valence-electron chi connectivity index (χ0n) is 16.5. The molecular weight excluding hydrogens is 482 g/mol. The molecule has 3 aromatic rings. The summed E-state index contributed by atoms with van der Waals surface area (Å²) in [4.78, 5) is 36.9. The quantitative estimate of drug-likeness (QED) is 0.427. The van der Waals surface area contributed by atoms with Crippen LogP contribution in [-0.4, -0.2) is 17.7 Å². The number of benzene rings is 3. The molecule has 3 N–H and O–H groups in total. The van der Waals surface area contributed by atoms with E-state index in [1.54, 1.807) is 0 Å². The van der Waals surface area contributed by atoms with Crippen molar-refractivity contribution in [3.8, 4) is 0 Å². The number of hydrogen-bond donors (Lipinski definition) is 3. The minimum absolute atomic E-state index is 0.0688. The molecule has 0 radical (unpaired) electrons. The van der Waals surface area contributed by atoms with Gasteiger partial charge in [-0.25, -0.2) is 0 Å². The molecule has 0 saturated heterocycles. The Labute approximate surface area is 195 Å². The Morgan fingerprint density at radius 3 is 2.03 bits per heavy atom. The van der Waals surface area contributed by atoms with Crippen LogP contribution in [0.4, 0.5) is 18.9 Å². The number of amides is 3. The normalized spacial score (nSPS) is 10.9. The summed E-state index contributed by atoms with van der Waals surface area (Å²) in [6, 6.07) is 13.8. The Bertz CT molecular complexity index is 1230. The van der Waals surface area contributed by atoms with Crippen LogP contribution in [0.1, 0.15) is 36.6 Å². The lowest BCUT2D eigenvalue weighted by Crippen LogP contribution is -2.41. The molecule has 6 nitrogen and oxygen atoms in total. The number of alkyl halides is 3. The van der Waals surface area contributed by atoms with E-state index in [1.807, 2.05) is 0 Å². The molecule has 0 aliphatic carbocycles. The second kappa shape index (κ2) is 9.93. The first kappa shape index (κ1) is 24.1. The molecule has 33 heavy (non-hydrogen) atoms. The zero-order chi connectivity index (χ0) is 24.2. The monoisotopic (exact) mass is 495 g/mol. The molecule has 0 spiro atoms. The highest BCUT2D eigenvalue weighted by Gasteiger charge is 2.30. The molecule has 0 aromatic heterocycles. The van der Waals surface area contributed by atoms with Crippen molar-refractivity contribution in [2.45, 2.75) is 6.18 Å². The molecule has 0 aliphatic rings. The van der Waals surface area contributed by atoms with Crippen LogP contribution in [0.3, 0.4) is 0 Å². The minimum Gasteiger partial charge on any atom is -0.322 e. The second-order valence-electron chi connectivity index (χ2n) is 6.65. The Hall–Kier alpha value is -3.56. The van der Waals surface area contributed by atoms with E-state index >= 15 is 0 Å². The fourth-order valence-electron chi connectivity index (χ4n) is 2.70. The van der Waals surface area contributed by atoms with Gasteiger partial charge in [-0.3, -0.25) is 25.2 Å². The van der Waals surface area contributed by atoms with Gasteiger partial charge in [0.15, 0.2) is 0 Å². The molecule has 0 fully saturated rings. The first-order valence-corrected chi connectivity index (χ1v) is 9.94. The number of halogens is 5. The van der Waals surface area contributed by atoms with Gasteiger partial charge in [-0.05, 0) is 54.6 Å². The Balaban J connectivity index is 1.66. The maximum atomic E-state index is 12.9. The summed E-state index contributed by atoms with van der Waals surface area (Å²) < 4.78 is 38.6. The van der Waals surface area contributed by atoms with E-state index in [1.165, 1.54) is 48.5 Å². The van der Waals surface area contributed by atoms with E-state index in [2.05, 4.69) is 16.2 Å². The third-order valence-electron chi connectivity index (χ3n) is 4.30. The SMILES string of the molecule is O=C(NNC(=O)c1ccc(Cl)cc1Cl)c1cccc(NC(=O)c2cccc(C(F)(F)F)c2)c1. The number of carbonyl (C=O) groups is 3. The van der Waals surface area contributed by atoms with Crippen molar-refractivity contribution in [3.05, 3.63) is 99.0 Å². The van der Waals surface area contributed by atoms with E-state index in [0.717, 1.165) is 18.2 Å². The lowest BCUT2D eigenvalue weighted by Gasteiger charge is -2.11. The summed E-state index contributed by atoms with van der Waals surface area (Å²) in [6.45, 7) is 0. The topological polar surface area (TPSA) is 87.3 Å². The molecule has 0 aliphatic heterocycles. The van der Waals surface area contributed by atoms with Gasteiger partial charge in [-0.1, -0.05) is 35.3 Å². The smallest absolute Gasteiger partial charge is 0.322 e. The summed E-state index contributed by atoms with van der Waals surface area (Å²) in [5, 5.41) is 2.86. The first-order valence-electron chi connectivity index (χ1n) is 9.19. The zero-order valence-corrected chi connectivity index (χ0v) is 18.0. The number of rotatable bonds is 4. The highest BCUT2D eigenvalue weighted by atomic mass is 35.5. The molecular formula is C22H14Cl2F3N3O3. The summed E-state index contributed by atoms with van der Waals surface area (Å²) >= 11 is 11.7. The average Bonchev–Trinajstić information content (AvgIpc) is 2.77. The van der Waals surface area contributed by atoms with Crippen LogP contribution >= 0.6 is 23.2 Å². The molecule has 0 saturated carbocycles. The number of carbonyl (C=O) groups excluding carboxylic acids is 3. The van der Waals surface area contributed by atoms with E-state index in [-0.39, 0.29) is 27.4 Å². The summed E-state index contributed by atoms with van der Waals surface area (Å²) in [6.07, 6.45) is -4.59. The average molecular weight is 496 g/mol. The van der Waals surface area contributed by atoms with Gasteiger partial charge in [0, 0.05) is 21.8 Å². The maximum absolute atomic E-state index is 12.9. The number of hydrogen-bond acceptors (Lipinski definition) is 3. The molecule has 170 valence electrons. The molecule has 0 heterocycles. The predicted molar refractivity (Wildman–Crippen MR) is 117 cm³/mol. The van der Waals surface area contributed by atoms with Crippen molar-refractivity contribution >= 4 is 46.6 Å². The predicted octanol–water partition coefficient (Wildman–Crippen LogP) is 5.34. The third kappa shape index (κ3) is 6.24. The van der Waals surface area contributed by atoms with Crippen LogP contribution in [0.15, 0.2) is 66.7 Å². The third-order valence-corrected chi connectivity index (χ3v) is 4.85. The lowest BCUT2D eigenvalue weighted by atomic mass is 10.1. The van der Waals surface area contributed by atoms with Crippen LogP contribution in [0.5, 0.6) is 0 Å². The van der Waals surface area contributed by atoms with Crippen LogP contribution in [0.2, 0.25) is 10.0 Å². The van der Waals surface area contributed by atoms with Crippen molar-refractivity contribution in [1.29, 1.82) is 0 Å². The first-order chi connectivity index (χ1) is 15.5. The van der Waals surface area contributed by atoms with Crippen LogP contribution in [-0.2, 0) is 6.18 Å². The number of hydrazine groups is 1. The van der Waals surface area contributed by atoms with Crippen LogP contribution < -0.4 is 16.2 Å². The van der Waals surface area contributed by atoms with Crippen LogP contribution in [0, 0.1) is 0 Å². The molecule has 0 bridgehead atoms. The Morgan fingerprint density at radius 2 is 1.36 bits per heavy atom. The van der Waals surface area contributed by atoms with Gasteiger partial charge in [-0.2, -0.15) is 13.2 Å². The van der Waals surface area contributed by atoms with Crippen molar-refractivity contribution in [3.63, 3.8) is 0 Å². The Kier molecular flexibility index (Phi) is 7.25. The summed E-state index contributed by atoms with van der Waals surface area (Å²) in [5.41, 5.74) is 3.57. The van der Waals surface area contributed by atoms with E-state index in [4.69, 9.17) is 23.2 Å². The summed E-state index contributed by atoms with van der Waals surface area (Å²) in [5.74, 6) is -2.17. The summed E-state index contributed by atoms with van der Waals surface area (Å²) in [7, 11) is 0. The number of nitrogens with one attached hydrogen (secondary N) is 3. The minimum atomic E-state index is -4.59. The van der Waals surface area contributed by atoms with E-state index < -0.39 is 29.5 Å². The van der Waals surface area contributed by atoms with Gasteiger partial charge in [0.25, 0.3) is 17.7 Å². The van der Waals surface area contributed by atoms with Gasteiger partial charge >= 0.3 is 6.18 Å². The molecule has 3 aromatic carbocycles. The lowest BCUT2D eigenvalue weighted by molar-refractivity contribution is -0.137. The van der Waals surface area contributed by atoms with Crippen molar-refractivity contribution in [2.24, 2.45) is 0 Å². The maximum Gasteiger partial charge on any atom is 0.416 e. The molecule has 0 unspecified atom stereocenters. The highest BCUT2D eigenvalue weighted by molar-refractivity contribution is 6.36. The van der Waals surface area contributed by atoms with Crippen molar-refractivity contribution in [2.75, 3.05) is 5.32 Å². The Morgan fingerprint density at radius 1 is 0.727 bits per heavy atom. The van der Waals surface area contributed by atoms with Gasteiger partial charge in [0.2, 0.25) is 0 Å². The second-order valence-corrected chi connectivity index (χ2v) is 7.49. The highest BCUT2D eigenvalue weighted by Crippen LogP contribution is 2.29. The molecule has 3 rings (SSSR count). The van der Waals surface area contributed by atoms with E-state index in [0.29, 0.717) is 5.02 Å². The van der Waals surface area contributed by atoms with Crippen molar-refractivity contribution < 1.29 is 27.6 Å². The van der Waals surface area contributed by atoms with Gasteiger partial charge in [0.1, 0.15) is 0 Å². The number of anilines is 1. The van der Waals surface area contributed by atoms with Crippen LogP contribution in [0.25, 0.3) is 0 Å². The van der Waals surface area contributed by atoms with Gasteiger partial charge < -0.3 is 5.32 Å². The van der Waals surface area contributed by atoms with Gasteiger partial charge in [0.05, 0.1) is 16.1 Å². The van der Waals surface area contributed by atoms with Gasteiger partial charge in [-0.15, -0.1) is 0 Å². The molecule has 0 atom stereocenters. The fraction of sp³-hybridized carbons (Fsp3) is 0.0455. The molecule has 11 heteroatoms. The fourth-order valence-corrected chi connectivity index (χ4v) is 3.20. The van der Waals surface area contributed by atoms with Crippen molar-refractivity contribution in [1.82, 2.24) is 10.9 Å². The largest absolute Gasteiger partial charge is 0.416 e. The standard InChI is InChI=1S/C22H14Cl2F3N3O3/c23-15-7-8-17(18(24)11-15)21(33)30-29-20(32)13-4-2-6-16(10-13)28-19(31)12-3-1-5-14(9-12)22(25,26)27/h1-11H,(H,28,31)(H,29,32)(H,30,33). The van der Waals surface area contributed by atoms with E-state index in [9.17, 15) is 27.6 Å². The molecule has 3 amide bonds.